The number of carbonyl (C=O) groups excluding carboxylic acids is 1. The quantitative estimate of drug-likeness (QED) is 0.568. The van der Waals surface area contributed by atoms with E-state index in [2.05, 4.69) is 22.4 Å². The maximum atomic E-state index is 12.3. The van der Waals surface area contributed by atoms with E-state index in [4.69, 9.17) is 14.5 Å². The van der Waals surface area contributed by atoms with Crippen molar-refractivity contribution < 1.29 is 14.3 Å². The third kappa shape index (κ3) is 5.15. The van der Waals surface area contributed by atoms with Gasteiger partial charge in [-0.3, -0.25) is 0 Å². The summed E-state index contributed by atoms with van der Waals surface area (Å²) in [5, 5.41) is 3.61. The molecule has 0 aliphatic carbocycles. The Bertz CT molecular complexity index is 1080. The Morgan fingerprint density at radius 1 is 1.19 bits per heavy atom. The zero-order valence-corrected chi connectivity index (χ0v) is 19.3. The van der Waals surface area contributed by atoms with Crippen LogP contribution in [0.25, 0.3) is 22.4 Å². The second-order valence-electron chi connectivity index (χ2n) is 9.31. The number of benzene rings is 2. The van der Waals surface area contributed by atoms with Gasteiger partial charge in [-0.25, -0.2) is 9.78 Å². The van der Waals surface area contributed by atoms with Crippen molar-refractivity contribution in [2.75, 3.05) is 32.1 Å². The number of aromatic nitrogens is 2. The van der Waals surface area contributed by atoms with Crippen molar-refractivity contribution in [3.8, 4) is 17.1 Å². The number of hydrogen-bond donors (Lipinski definition) is 2. The third-order valence-electron chi connectivity index (χ3n) is 5.72. The lowest BCUT2D eigenvalue weighted by Crippen LogP contribution is -2.42. The topological polar surface area (TPSA) is 79.5 Å². The summed E-state index contributed by atoms with van der Waals surface area (Å²) in [5.41, 5.74) is 3.48. The number of nitrogens with zero attached hydrogens (tertiary/aromatic N) is 2. The van der Waals surface area contributed by atoms with Crippen LogP contribution in [0.1, 0.15) is 33.6 Å². The summed E-state index contributed by atoms with van der Waals surface area (Å²) in [4.78, 5) is 22.3. The number of amides is 1. The number of ether oxygens (including phenoxy) is 2. The average molecular weight is 437 g/mol. The maximum absolute atomic E-state index is 12.3. The van der Waals surface area contributed by atoms with Gasteiger partial charge in [-0.2, -0.15) is 0 Å². The van der Waals surface area contributed by atoms with Crippen molar-refractivity contribution in [2.24, 2.45) is 5.92 Å². The Labute approximate surface area is 189 Å². The van der Waals surface area contributed by atoms with Crippen LogP contribution in [-0.4, -0.2) is 53.3 Å². The van der Waals surface area contributed by atoms with Crippen LogP contribution in [0.3, 0.4) is 0 Å². The first kappa shape index (κ1) is 22.0. The molecule has 2 aromatic carbocycles. The van der Waals surface area contributed by atoms with Gasteiger partial charge in [0.05, 0.1) is 18.1 Å². The van der Waals surface area contributed by atoms with E-state index in [1.807, 2.05) is 56.0 Å². The number of carbonyl (C=O) groups is 1. The van der Waals surface area contributed by atoms with E-state index in [1.54, 1.807) is 7.11 Å². The molecule has 0 bridgehead atoms. The minimum atomic E-state index is -0.457. The highest BCUT2D eigenvalue weighted by atomic mass is 16.6. The van der Waals surface area contributed by atoms with Gasteiger partial charge in [-0.05, 0) is 63.8 Å². The van der Waals surface area contributed by atoms with Crippen LogP contribution in [0, 0.1) is 5.92 Å². The fourth-order valence-corrected chi connectivity index (χ4v) is 3.99. The second kappa shape index (κ2) is 9.10. The number of piperidine rings is 1. The summed E-state index contributed by atoms with van der Waals surface area (Å²) in [6.07, 6.45) is 1.70. The van der Waals surface area contributed by atoms with Crippen LogP contribution < -0.4 is 10.1 Å². The molecule has 1 amide bonds. The summed E-state index contributed by atoms with van der Waals surface area (Å²) in [6, 6.07) is 14.0. The number of rotatable bonds is 5. The number of fused-ring (bicyclic) bond motifs is 1. The molecule has 0 unspecified atom stereocenters. The molecule has 2 heterocycles. The number of nitrogens with one attached hydrogen (secondary N) is 2. The Morgan fingerprint density at radius 2 is 1.94 bits per heavy atom. The highest BCUT2D eigenvalue weighted by Gasteiger charge is 2.26. The van der Waals surface area contributed by atoms with Gasteiger partial charge in [0.15, 0.2) is 0 Å². The zero-order valence-electron chi connectivity index (χ0n) is 19.3. The van der Waals surface area contributed by atoms with Crippen molar-refractivity contribution in [1.29, 1.82) is 0 Å². The number of methoxy groups -OCH3 is 1. The van der Waals surface area contributed by atoms with Gasteiger partial charge in [-0.1, -0.05) is 12.1 Å². The highest BCUT2D eigenvalue weighted by molar-refractivity contribution is 5.84. The Hall–Kier alpha value is -3.22. The summed E-state index contributed by atoms with van der Waals surface area (Å²) in [5.74, 6) is 2.13. The molecule has 1 aromatic heterocycles. The Balaban J connectivity index is 1.39. The fourth-order valence-electron chi connectivity index (χ4n) is 3.99. The van der Waals surface area contributed by atoms with Gasteiger partial charge < -0.3 is 24.7 Å². The molecule has 1 fully saturated rings. The molecule has 1 saturated heterocycles. The van der Waals surface area contributed by atoms with E-state index in [0.29, 0.717) is 5.92 Å². The Morgan fingerprint density at radius 3 is 2.66 bits per heavy atom. The molecule has 1 aliphatic heterocycles. The molecule has 7 heteroatoms. The number of aromatic amines is 1. The lowest BCUT2D eigenvalue weighted by molar-refractivity contribution is 0.0188. The lowest BCUT2D eigenvalue weighted by Gasteiger charge is -2.33. The number of anilines is 1. The molecule has 32 heavy (non-hydrogen) atoms. The van der Waals surface area contributed by atoms with Gasteiger partial charge in [0.25, 0.3) is 0 Å². The van der Waals surface area contributed by atoms with Crippen LogP contribution >= 0.6 is 0 Å². The SMILES string of the molecule is COc1ccc2nc(-c3ccccc3NCC3CCN(C(=O)OC(C)(C)C)CC3)[nH]c2c1. The van der Waals surface area contributed by atoms with E-state index < -0.39 is 5.60 Å². The molecule has 170 valence electrons. The first-order valence-corrected chi connectivity index (χ1v) is 11.2. The normalized spacial score (nSPS) is 15.1. The fraction of sp³-hybridized carbons (Fsp3) is 0.440. The lowest BCUT2D eigenvalue weighted by atomic mass is 9.97. The van der Waals surface area contributed by atoms with Crippen molar-refractivity contribution in [2.45, 2.75) is 39.2 Å². The van der Waals surface area contributed by atoms with E-state index in [1.165, 1.54) is 0 Å². The van der Waals surface area contributed by atoms with E-state index in [-0.39, 0.29) is 6.09 Å². The Kier molecular flexibility index (Phi) is 6.26. The van der Waals surface area contributed by atoms with E-state index in [9.17, 15) is 4.79 Å². The number of likely N-dealkylation sites (tertiary alicyclic amines) is 1. The largest absolute Gasteiger partial charge is 0.497 e. The number of imidazole rings is 1. The summed E-state index contributed by atoms with van der Waals surface area (Å²) in [6.45, 7) is 8.02. The monoisotopic (exact) mass is 436 g/mol. The van der Waals surface area contributed by atoms with Gasteiger partial charge >= 0.3 is 6.09 Å². The molecule has 3 aromatic rings. The molecule has 2 N–H and O–H groups in total. The van der Waals surface area contributed by atoms with Crippen LogP contribution in [0.2, 0.25) is 0 Å². The average Bonchev–Trinajstić information content (AvgIpc) is 3.20. The summed E-state index contributed by atoms with van der Waals surface area (Å²) in [7, 11) is 1.66. The molecular weight excluding hydrogens is 404 g/mol. The van der Waals surface area contributed by atoms with Crippen LogP contribution in [0.4, 0.5) is 10.5 Å². The predicted octanol–water partition coefficient (Wildman–Crippen LogP) is 5.30. The van der Waals surface area contributed by atoms with E-state index in [0.717, 1.165) is 66.3 Å². The van der Waals surface area contributed by atoms with Crippen LogP contribution in [0.5, 0.6) is 5.75 Å². The molecule has 1 aliphatic rings. The van der Waals surface area contributed by atoms with Gasteiger partial charge in [0.2, 0.25) is 0 Å². The predicted molar refractivity (Wildman–Crippen MR) is 127 cm³/mol. The highest BCUT2D eigenvalue weighted by Crippen LogP contribution is 2.29. The summed E-state index contributed by atoms with van der Waals surface area (Å²) >= 11 is 0. The molecule has 0 spiro atoms. The molecule has 4 rings (SSSR count). The molecule has 7 nitrogen and oxygen atoms in total. The van der Waals surface area contributed by atoms with E-state index >= 15 is 0 Å². The first-order chi connectivity index (χ1) is 15.3. The van der Waals surface area contributed by atoms with Gasteiger partial charge in [0, 0.05) is 37.0 Å². The van der Waals surface area contributed by atoms with Crippen molar-refractivity contribution in [1.82, 2.24) is 14.9 Å². The zero-order chi connectivity index (χ0) is 22.7. The smallest absolute Gasteiger partial charge is 0.410 e. The molecular formula is C25H32N4O3. The van der Waals surface area contributed by atoms with Gasteiger partial charge in [0.1, 0.15) is 17.2 Å². The first-order valence-electron chi connectivity index (χ1n) is 11.2. The number of H-pyrrole nitrogens is 1. The van der Waals surface area contributed by atoms with Crippen molar-refractivity contribution in [3.05, 3.63) is 42.5 Å². The molecule has 0 radical (unpaired) electrons. The second-order valence-corrected chi connectivity index (χ2v) is 9.31. The number of hydrogen-bond acceptors (Lipinski definition) is 5. The molecule has 0 atom stereocenters. The van der Waals surface area contributed by atoms with Crippen LogP contribution in [0.15, 0.2) is 42.5 Å². The summed E-state index contributed by atoms with van der Waals surface area (Å²) < 4.78 is 10.8. The molecule has 0 saturated carbocycles. The van der Waals surface area contributed by atoms with Crippen molar-refractivity contribution in [3.63, 3.8) is 0 Å². The van der Waals surface area contributed by atoms with Crippen LogP contribution in [-0.2, 0) is 4.74 Å². The third-order valence-corrected chi connectivity index (χ3v) is 5.72. The van der Waals surface area contributed by atoms with Gasteiger partial charge in [-0.15, -0.1) is 0 Å². The minimum Gasteiger partial charge on any atom is -0.497 e. The maximum Gasteiger partial charge on any atom is 0.410 e. The standard InChI is InChI=1S/C25H32N4O3/c1-25(2,3)32-24(30)29-13-11-17(12-14-29)16-26-20-8-6-5-7-19(20)23-27-21-10-9-18(31-4)15-22(21)28-23/h5-10,15,17,26H,11-14,16H2,1-4H3,(H,27,28). The van der Waals surface area contributed by atoms with Crippen molar-refractivity contribution >= 4 is 22.8 Å². The minimum absolute atomic E-state index is 0.212. The number of para-hydroxylation sites is 1.